The lowest BCUT2D eigenvalue weighted by molar-refractivity contribution is -0.542. The standard InChI is InChI=1S/C25H21BrN4O2/c26-25(30(31)32)21(16-9-3-1-4-10-16)23-22(17-11-5-2-6-12-17)28-27-20-15-18-13-7-8-14-19(18)24(25)29(20)23/h1-14,20-21,23-24,27H,15H2. The highest BCUT2D eigenvalue weighted by atomic mass is 79.9. The summed E-state index contributed by atoms with van der Waals surface area (Å²) < 4.78 is -1.41. The Morgan fingerprint density at radius 3 is 2.38 bits per heavy atom. The van der Waals surface area contributed by atoms with Crippen LogP contribution in [0.5, 0.6) is 0 Å². The van der Waals surface area contributed by atoms with E-state index < -0.39 is 16.4 Å². The number of hydrazone groups is 1. The third-order valence-corrected chi connectivity index (χ3v) is 8.22. The molecular formula is C25H21BrN4O2. The minimum atomic E-state index is -1.41. The van der Waals surface area contributed by atoms with Gasteiger partial charge in [0.05, 0.1) is 17.7 Å². The molecular weight excluding hydrogens is 468 g/mol. The molecule has 7 heteroatoms. The van der Waals surface area contributed by atoms with Crippen LogP contribution in [0.4, 0.5) is 0 Å². The SMILES string of the molecule is O=[N+]([O-])C1(Br)C(c2ccccc2)C2C(c3ccccc3)=NNC3Cc4ccccc4C1N32. The summed E-state index contributed by atoms with van der Waals surface area (Å²) in [7, 11) is 0. The fourth-order valence-electron chi connectivity index (χ4n) is 5.74. The van der Waals surface area contributed by atoms with Crippen LogP contribution >= 0.6 is 15.9 Å². The van der Waals surface area contributed by atoms with E-state index in [9.17, 15) is 10.1 Å². The number of benzene rings is 3. The predicted octanol–water partition coefficient (Wildman–Crippen LogP) is 4.45. The van der Waals surface area contributed by atoms with E-state index in [0.29, 0.717) is 0 Å². The number of hydrogen-bond acceptors (Lipinski definition) is 5. The van der Waals surface area contributed by atoms with Gasteiger partial charge >= 0.3 is 4.45 Å². The zero-order chi connectivity index (χ0) is 21.9. The van der Waals surface area contributed by atoms with Crippen LogP contribution in [-0.2, 0) is 6.42 Å². The van der Waals surface area contributed by atoms with Crippen LogP contribution in [0.1, 0.15) is 34.2 Å². The summed E-state index contributed by atoms with van der Waals surface area (Å²) in [5, 5.41) is 17.7. The summed E-state index contributed by atoms with van der Waals surface area (Å²) in [6.07, 6.45) is 0.634. The average molecular weight is 489 g/mol. The zero-order valence-corrected chi connectivity index (χ0v) is 18.7. The molecule has 3 aliphatic rings. The molecule has 160 valence electrons. The fourth-order valence-corrected chi connectivity index (χ4v) is 6.74. The van der Waals surface area contributed by atoms with Gasteiger partial charge in [-0.1, -0.05) is 84.9 Å². The van der Waals surface area contributed by atoms with Crippen LogP contribution < -0.4 is 5.43 Å². The smallest absolute Gasteiger partial charge is 0.292 e. The van der Waals surface area contributed by atoms with Crippen molar-refractivity contribution in [3.05, 3.63) is 117 Å². The van der Waals surface area contributed by atoms with Gasteiger partial charge in [-0.15, -0.1) is 0 Å². The third-order valence-electron chi connectivity index (χ3n) is 7.00. The molecule has 0 bridgehead atoms. The summed E-state index contributed by atoms with van der Waals surface area (Å²) in [5.74, 6) is -0.432. The predicted molar refractivity (Wildman–Crippen MR) is 126 cm³/mol. The number of nitro groups is 1. The lowest BCUT2D eigenvalue weighted by Gasteiger charge is -2.44. The monoisotopic (exact) mass is 488 g/mol. The second kappa shape index (κ2) is 7.25. The van der Waals surface area contributed by atoms with Crippen molar-refractivity contribution in [3.63, 3.8) is 0 Å². The number of alkyl halides is 1. The molecule has 0 radical (unpaired) electrons. The van der Waals surface area contributed by atoms with Crippen LogP contribution in [0.15, 0.2) is 90.0 Å². The first-order valence-corrected chi connectivity index (χ1v) is 11.5. The molecule has 0 amide bonds. The minimum Gasteiger partial charge on any atom is -0.292 e. The molecule has 1 N–H and O–H groups in total. The molecule has 6 rings (SSSR count). The van der Waals surface area contributed by atoms with Gasteiger partial charge < -0.3 is 0 Å². The molecule has 0 aliphatic carbocycles. The normalized spacial score (nSPS) is 30.6. The molecule has 5 unspecified atom stereocenters. The average Bonchev–Trinajstić information content (AvgIpc) is 3.12. The van der Waals surface area contributed by atoms with Gasteiger partial charge in [-0.3, -0.25) is 20.4 Å². The van der Waals surface area contributed by atoms with E-state index in [1.807, 2.05) is 78.9 Å². The summed E-state index contributed by atoms with van der Waals surface area (Å²) in [6.45, 7) is 0. The Morgan fingerprint density at radius 2 is 1.66 bits per heavy atom. The molecule has 0 saturated carbocycles. The molecule has 0 aromatic heterocycles. The van der Waals surface area contributed by atoms with Crippen molar-refractivity contribution >= 4 is 21.6 Å². The third kappa shape index (κ3) is 2.64. The van der Waals surface area contributed by atoms with Crippen molar-refractivity contribution in [2.24, 2.45) is 5.10 Å². The molecule has 3 aromatic carbocycles. The van der Waals surface area contributed by atoms with Gasteiger partial charge in [-0.2, -0.15) is 5.10 Å². The summed E-state index contributed by atoms with van der Waals surface area (Å²) >= 11 is 3.74. The van der Waals surface area contributed by atoms with E-state index in [-0.39, 0.29) is 17.1 Å². The first kappa shape index (κ1) is 19.6. The van der Waals surface area contributed by atoms with Gasteiger partial charge in [0.2, 0.25) is 0 Å². The minimum absolute atomic E-state index is 0.113. The Bertz CT molecular complexity index is 1220. The van der Waals surface area contributed by atoms with Crippen LogP contribution in [0, 0.1) is 10.1 Å². The van der Waals surface area contributed by atoms with Crippen molar-refractivity contribution < 1.29 is 4.92 Å². The van der Waals surface area contributed by atoms with Crippen LogP contribution in [0.2, 0.25) is 0 Å². The molecule has 1 saturated heterocycles. The molecule has 1 fully saturated rings. The van der Waals surface area contributed by atoms with Crippen molar-refractivity contribution in [1.29, 1.82) is 0 Å². The largest absolute Gasteiger partial charge is 0.302 e. The Labute approximate surface area is 194 Å². The highest BCUT2D eigenvalue weighted by molar-refractivity contribution is 9.10. The highest BCUT2D eigenvalue weighted by Crippen LogP contribution is 2.60. The second-order valence-corrected chi connectivity index (χ2v) is 9.85. The number of halogens is 1. The number of rotatable bonds is 3. The van der Waals surface area contributed by atoms with E-state index in [4.69, 9.17) is 5.10 Å². The van der Waals surface area contributed by atoms with E-state index in [1.165, 1.54) is 0 Å². The molecule has 3 aromatic rings. The number of hydrogen-bond donors (Lipinski definition) is 1. The van der Waals surface area contributed by atoms with Crippen LogP contribution in [0.3, 0.4) is 0 Å². The summed E-state index contributed by atoms with van der Waals surface area (Å²) in [5.41, 5.74) is 8.21. The van der Waals surface area contributed by atoms with Crippen LogP contribution in [0.25, 0.3) is 0 Å². The Hall–Kier alpha value is -3.03. The molecule has 6 nitrogen and oxygen atoms in total. The van der Waals surface area contributed by atoms with E-state index in [1.54, 1.807) is 0 Å². The van der Waals surface area contributed by atoms with Gasteiger partial charge in [0.25, 0.3) is 0 Å². The van der Waals surface area contributed by atoms with Gasteiger partial charge in [-0.05, 0) is 22.3 Å². The van der Waals surface area contributed by atoms with E-state index in [2.05, 4.69) is 32.3 Å². The Balaban J connectivity index is 1.64. The first-order valence-electron chi connectivity index (χ1n) is 10.7. The fraction of sp³-hybridized carbons (Fsp3) is 0.240. The lowest BCUT2D eigenvalue weighted by Crippen LogP contribution is -2.58. The van der Waals surface area contributed by atoms with Crippen molar-refractivity contribution in [2.45, 2.75) is 35.0 Å². The topological polar surface area (TPSA) is 70.8 Å². The maximum atomic E-state index is 12.9. The van der Waals surface area contributed by atoms with Crippen molar-refractivity contribution in [2.75, 3.05) is 0 Å². The zero-order valence-electron chi connectivity index (χ0n) is 17.1. The molecule has 0 spiro atoms. The molecule has 3 aliphatic heterocycles. The number of nitrogens with one attached hydrogen (secondary N) is 1. The summed E-state index contributed by atoms with van der Waals surface area (Å²) in [6, 6.07) is 27.2. The van der Waals surface area contributed by atoms with Crippen molar-refractivity contribution in [1.82, 2.24) is 10.3 Å². The van der Waals surface area contributed by atoms with E-state index >= 15 is 0 Å². The lowest BCUT2D eigenvalue weighted by atomic mass is 9.82. The summed E-state index contributed by atoms with van der Waals surface area (Å²) in [4.78, 5) is 15.0. The van der Waals surface area contributed by atoms with Gasteiger partial charge in [0.15, 0.2) is 0 Å². The number of nitrogens with zero attached hydrogens (tertiary/aromatic N) is 3. The molecule has 32 heavy (non-hydrogen) atoms. The van der Waals surface area contributed by atoms with E-state index in [0.717, 1.165) is 34.4 Å². The molecule has 5 atom stereocenters. The van der Waals surface area contributed by atoms with Crippen molar-refractivity contribution in [3.8, 4) is 0 Å². The van der Waals surface area contributed by atoms with Crippen LogP contribution in [-0.4, -0.2) is 32.2 Å². The maximum Gasteiger partial charge on any atom is 0.302 e. The van der Waals surface area contributed by atoms with Gasteiger partial charge in [-0.25, -0.2) is 0 Å². The second-order valence-electron chi connectivity index (χ2n) is 8.58. The highest BCUT2D eigenvalue weighted by Gasteiger charge is 2.71. The number of fused-ring (bicyclic) bond motifs is 2. The molecule has 3 heterocycles. The van der Waals surface area contributed by atoms with Gasteiger partial charge in [0, 0.05) is 27.3 Å². The Morgan fingerprint density at radius 1 is 1.00 bits per heavy atom. The first-order chi connectivity index (χ1) is 15.6. The Kier molecular flexibility index (Phi) is 4.45. The van der Waals surface area contributed by atoms with Gasteiger partial charge in [0.1, 0.15) is 12.2 Å². The quantitative estimate of drug-likeness (QED) is 0.256. The maximum absolute atomic E-state index is 12.9.